The van der Waals surface area contributed by atoms with Gasteiger partial charge in [0.2, 0.25) is 0 Å². The Morgan fingerprint density at radius 1 is 1.50 bits per heavy atom. The summed E-state index contributed by atoms with van der Waals surface area (Å²) in [4.78, 5) is 4.29. The zero-order chi connectivity index (χ0) is 13.1. The van der Waals surface area contributed by atoms with E-state index < -0.39 is 0 Å². The normalized spacial score (nSPS) is 12.4. The van der Waals surface area contributed by atoms with E-state index in [4.69, 9.17) is 10.5 Å². The number of thiazole rings is 1. The highest BCUT2D eigenvalue weighted by Crippen LogP contribution is 2.25. The quantitative estimate of drug-likeness (QED) is 0.924. The third kappa shape index (κ3) is 3.05. The molecule has 0 aliphatic heterocycles. The number of nitrogens with two attached hydrogens (primary N) is 1. The van der Waals surface area contributed by atoms with Gasteiger partial charge in [-0.05, 0) is 19.9 Å². The number of hydrogen-bond donors (Lipinski definition) is 1. The second-order valence-corrected chi connectivity index (χ2v) is 5.18. The van der Waals surface area contributed by atoms with Crippen LogP contribution in [0.3, 0.4) is 0 Å². The first-order valence-corrected chi connectivity index (χ1v) is 6.53. The highest BCUT2D eigenvalue weighted by Gasteiger charge is 2.10. The molecule has 0 aliphatic rings. The molecule has 0 saturated carbocycles. The molecule has 1 aromatic heterocycles. The van der Waals surface area contributed by atoms with Crippen LogP contribution in [0.1, 0.15) is 29.2 Å². The van der Waals surface area contributed by atoms with E-state index >= 15 is 0 Å². The molecule has 1 atom stereocenters. The van der Waals surface area contributed by atoms with Crippen LogP contribution in [0.4, 0.5) is 4.39 Å². The van der Waals surface area contributed by atoms with Crippen LogP contribution in [-0.2, 0) is 6.61 Å². The average molecular weight is 266 g/mol. The van der Waals surface area contributed by atoms with Gasteiger partial charge >= 0.3 is 0 Å². The van der Waals surface area contributed by atoms with Crippen molar-refractivity contribution in [3.05, 3.63) is 45.7 Å². The first kappa shape index (κ1) is 13.0. The summed E-state index contributed by atoms with van der Waals surface area (Å²) in [6.45, 7) is 4.10. The Bertz CT molecular complexity index is 540. The first-order chi connectivity index (χ1) is 8.56. The summed E-state index contributed by atoms with van der Waals surface area (Å²) < 4.78 is 18.8. The van der Waals surface area contributed by atoms with Gasteiger partial charge in [0.15, 0.2) is 0 Å². The molecule has 3 nitrogen and oxygen atoms in total. The number of benzene rings is 1. The monoisotopic (exact) mass is 266 g/mol. The van der Waals surface area contributed by atoms with Crippen molar-refractivity contribution < 1.29 is 9.13 Å². The van der Waals surface area contributed by atoms with Crippen LogP contribution >= 0.6 is 11.3 Å². The lowest BCUT2D eigenvalue weighted by Gasteiger charge is -2.13. The van der Waals surface area contributed by atoms with Gasteiger partial charge in [0.05, 0.1) is 10.7 Å². The molecule has 2 aromatic rings. The molecule has 0 aliphatic carbocycles. The van der Waals surface area contributed by atoms with Crippen LogP contribution in [-0.4, -0.2) is 4.98 Å². The molecule has 0 fully saturated rings. The Morgan fingerprint density at radius 2 is 2.28 bits per heavy atom. The Balaban J connectivity index is 2.15. The van der Waals surface area contributed by atoms with Crippen LogP contribution < -0.4 is 10.5 Å². The Labute approximate surface area is 109 Å². The molecular formula is C13H15FN2OS. The molecule has 0 bridgehead atoms. The summed E-state index contributed by atoms with van der Waals surface area (Å²) in [5.41, 5.74) is 7.46. The standard InChI is InChI=1S/C13H15FN2OS/c1-8(15)12-4-3-10(14)5-13(12)17-6-11-7-18-9(2)16-11/h3-5,7-8H,6,15H2,1-2H3/t8-/m1/s1. The minimum Gasteiger partial charge on any atom is -0.487 e. The van der Waals surface area contributed by atoms with Crippen molar-refractivity contribution in [1.82, 2.24) is 4.98 Å². The molecule has 0 spiro atoms. The van der Waals surface area contributed by atoms with Gasteiger partial charge in [0, 0.05) is 23.1 Å². The van der Waals surface area contributed by atoms with Crippen molar-refractivity contribution >= 4 is 11.3 Å². The zero-order valence-electron chi connectivity index (χ0n) is 10.3. The third-order valence-corrected chi connectivity index (χ3v) is 3.33. The van der Waals surface area contributed by atoms with E-state index in [1.54, 1.807) is 17.4 Å². The van der Waals surface area contributed by atoms with Gasteiger partial charge in [-0.1, -0.05) is 6.07 Å². The smallest absolute Gasteiger partial charge is 0.131 e. The van der Waals surface area contributed by atoms with Crippen molar-refractivity contribution in [2.45, 2.75) is 26.5 Å². The fraction of sp³-hybridized carbons (Fsp3) is 0.308. The number of rotatable bonds is 4. The Hall–Kier alpha value is -1.46. The highest BCUT2D eigenvalue weighted by atomic mass is 32.1. The summed E-state index contributed by atoms with van der Waals surface area (Å²) >= 11 is 1.56. The molecule has 5 heteroatoms. The van der Waals surface area contributed by atoms with Crippen molar-refractivity contribution in [3.63, 3.8) is 0 Å². The van der Waals surface area contributed by atoms with Crippen molar-refractivity contribution in [2.24, 2.45) is 5.73 Å². The van der Waals surface area contributed by atoms with Crippen molar-refractivity contribution in [1.29, 1.82) is 0 Å². The number of aryl methyl sites for hydroxylation is 1. The van der Waals surface area contributed by atoms with E-state index in [0.717, 1.165) is 16.3 Å². The predicted molar refractivity (Wildman–Crippen MR) is 70.2 cm³/mol. The Morgan fingerprint density at radius 3 is 2.89 bits per heavy atom. The summed E-state index contributed by atoms with van der Waals surface area (Å²) in [7, 11) is 0. The minimum atomic E-state index is -0.330. The Kier molecular flexibility index (Phi) is 3.93. The molecule has 0 radical (unpaired) electrons. The second kappa shape index (κ2) is 5.46. The first-order valence-electron chi connectivity index (χ1n) is 5.65. The van der Waals surface area contributed by atoms with Gasteiger partial charge in [-0.25, -0.2) is 9.37 Å². The minimum absolute atomic E-state index is 0.197. The molecule has 1 heterocycles. The molecule has 2 rings (SSSR count). The molecule has 0 saturated heterocycles. The lowest BCUT2D eigenvalue weighted by Crippen LogP contribution is -2.08. The van der Waals surface area contributed by atoms with Crippen LogP contribution in [0, 0.1) is 12.7 Å². The number of aromatic nitrogens is 1. The molecule has 1 aromatic carbocycles. The zero-order valence-corrected chi connectivity index (χ0v) is 11.1. The van der Waals surface area contributed by atoms with Crippen molar-refractivity contribution in [3.8, 4) is 5.75 Å². The average Bonchev–Trinajstić information content (AvgIpc) is 2.72. The fourth-order valence-corrected chi connectivity index (χ4v) is 2.23. The van der Waals surface area contributed by atoms with Gasteiger partial charge in [-0.15, -0.1) is 11.3 Å². The largest absolute Gasteiger partial charge is 0.487 e. The van der Waals surface area contributed by atoms with Gasteiger partial charge in [0.1, 0.15) is 18.2 Å². The molecule has 0 amide bonds. The van der Waals surface area contributed by atoms with E-state index in [0.29, 0.717) is 12.4 Å². The number of hydrogen-bond acceptors (Lipinski definition) is 4. The van der Waals surface area contributed by atoms with E-state index in [1.807, 2.05) is 19.2 Å². The molecular weight excluding hydrogens is 251 g/mol. The fourth-order valence-electron chi connectivity index (χ4n) is 1.64. The summed E-state index contributed by atoms with van der Waals surface area (Å²) in [5.74, 6) is 0.152. The topological polar surface area (TPSA) is 48.1 Å². The van der Waals surface area contributed by atoms with Gasteiger partial charge in [-0.2, -0.15) is 0 Å². The SMILES string of the molecule is Cc1nc(COc2cc(F)ccc2[C@@H](C)N)cs1. The van der Waals surface area contributed by atoms with E-state index in [-0.39, 0.29) is 11.9 Å². The summed E-state index contributed by atoms with van der Waals surface area (Å²) in [5, 5.41) is 2.92. The highest BCUT2D eigenvalue weighted by molar-refractivity contribution is 7.09. The predicted octanol–water partition coefficient (Wildman–Crippen LogP) is 3.19. The lowest BCUT2D eigenvalue weighted by atomic mass is 10.1. The van der Waals surface area contributed by atoms with E-state index in [2.05, 4.69) is 4.98 Å². The van der Waals surface area contributed by atoms with E-state index in [1.165, 1.54) is 12.1 Å². The number of ether oxygens (including phenoxy) is 1. The van der Waals surface area contributed by atoms with Crippen LogP contribution in [0.2, 0.25) is 0 Å². The van der Waals surface area contributed by atoms with E-state index in [9.17, 15) is 4.39 Å². The third-order valence-electron chi connectivity index (χ3n) is 2.51. The van der Waals surface area contributed by atoms with Crippen molar-refractivity contribution in [2.75, 3.05) is 0 Å². The van der Waals surface area contributed by atoms with Crippen LogP contribution in [0.5, 0.6) is 5.75 Å². The molecule has 96 valence electrons. The molecule has 0 unspecified atom stereocenters. The van der Waals surface area contributed by atoms with Gasteiger partial charge in [0.25, 0.3) is 0 Å². The summed E-state index contributed by atoms with van der Waals surface area (Å²) in [6.07, 6.45) is 0. The maximum Gasteiger partial charge on any atom is 0.131 e. The summed E-state index contributed by atoms with van der Waals surface area (Å²) in [6, 6.07) is 4.20. The molecule has 2 N–H and O–H groups in total. The van der Waals surface area contributed by atoms with Gasteiger partial charge < -0.3 is 10.5 Å². The number of nitrogens with zero attached hydrogens (tertiary/aromatic N) is 1. The van der Waals surface area contributed by atoms with Crippen LogP contribution in [0.15, 0.2) is 23.6 Å². The van der Waals surface area contributed by atoms with Gasteiger partial charge in [-0.3, -0.25) is 0 Å². The number of halogens is 1. The second-order valence-electron chi connectivity index (χ2n) is 4.12. The maximum atomic E-state index is 13.2. The van der Waals surface area contributed by atoms with Crippen LogP contribution in [0.25, 0.3) is 0 Å². The molecule has 18 heavy (non-hydrogen) atoms. The maximum absolute atomic E-state index is 13.2. The lowest BCUT2D eigenvalue weighted by molar-refractivity contribution is 0.295.